The van der Waals surface area contributed by atoms with Crippen LogP contribution < -0.4 is 21.4 Å². The number of carboxylic acid groups (broad SMARTS) is 1. The van der Waals surface area contributed by atoms with Crippen LogP contribution in [0.2, 0.25) is 38.3 Å². The largest absolute Gasteiger partial charge is 0.480 e. The van der Waals surface area contributed by atoms with E-state index in [1.807, 2.05) is 44.4 Å². The van der Waals surface area contributed by atoms with Crippen LogP contribution in [-0.2, 0) is 37.7 Å². The van der Waals surface area contributed by atoms with Crippen molar-refractivity contribution in [2.24, 2.45) is 0 Å². The van der Waals surface area contributed by atoms with Crippen LogP contribution in [0.5, 0.6) is 0 Å². The molecule has 20 heteroatoms. The first-order valence-corrected chi connectivity index (χ1v) is 23.9. The third-order valence-corrected chi connectivity index (χ3v) is 13.7. The number of amides is 4. The Balaban J connectivity index is 2.23. The van der Waals surface area contributed by atoms with Crippen LogP contribution in [0.25, 0.3) is 0 Å². The average Bonchev–Trinajstić information content (AvgIpc) is 3.05. The summed E-state index contributed by atoms with van der Waals surface area (Å²) in [6.07, 6.45) is 2.16. The van der Waals surface area contributed by atoms with Crippen LogP contribution in [0.15, 0.2) is 29.4 Å². The highest BCUT2D eigenvalue weighted by molar-refractivity contribution is 8.76. The highest BCUT2D eigenvalue weighted by atomic mass is 33.1. The molecule has 1 rings (SSSR count). The van der Waals surface area contributed by atoms with Gasteiger partial charge in [-0.1, -0.05) is 16.9 Å². The number of aromatic nitrogens is 1. The number of aliphatic carboxylic acids is 1. The van der Waals surface area contributed by atoms with Gasteiger partial charge in [0, 0.05) is 37.8 Å². The number of carboxylic acids is 1. The minimum absolute atomic E-state index is 0.00831. The second-order valence-corrected chi connectivity index (χ2v) is 22.7. The minimum atomic E-state index is -2.29. The lowest BCUT2D eigenvalue weighted by molar-refractivity contribution is -0.142. The Morgan fingerprint density at radius 1 is 0.896 bits per heavy atom. The van der Waals surface area contributed by atoms with E-state index in [1.165, 1.54) is 21.6 Å². The van der Waals surface area contributed by atoms with E-state index in [0.717, 1.165) is 5.03 Å². The molecule has 272 valence electrons. The van der Waals surface area contributed by atoms with Gasteiger partial charge in [-0.3, -0.25) is 24.0 Å². The lowest BCUT2D eigenvalue weighted by atomic mass is 10.3. The maximum atomic E-state index is 12.5. The van der Waals surface area contributed by atoms with Crippen LogP contribution in [0.1, 0.15) is 19.3 Å². The molecule has 0 aromatic carbocycles. The van der Waals surface area contributed by atoms with Crippen molar-refractivity contribution in [2.45, 2.75) is 74.6 Å². The lowest BCUT2D eigenvalue weighted by Crippen LogP contribution is -2.49. The Morgan fingerprint density at radius 2 is 1.52 bits per heavy atom. The number of rotatable bonds is 27. The van der Waals surface area contributed by atoms with E-state index in [2.05, 4.69) is 31.5 Å². The normalized spacial score (nSPS) is 13.1. The van der Waals surface area contributed by atoms with E-state index in [-0.39, 0.29) is 45.1 Å². The zero-order chi connectivity index (χ0) is 36.7. The van der Waals surface area contributed by atoms with Crippen molar-refractivity contribution in [1.29, 1.82) is 1.43 Å². The number of hydrogen-bond acceptors (Lipinski definition) is 13. The summed E-state index contributed by atoms with van der Waals surface area (Å²) in [7, 11) is -1.55. The second-order valence-electron chi connectivity index (χ2n) is 11.6. The second kappa shape index (κ2) is 23.7. The molecule has 7 N–H and O–H groups in total. The van der Waals surface area contributed by atoms with Crippen molar-refractivity contribution in [3.05, 3.63) is 24.4 Å². The standard InChI is InChI=1S/C28H49N5O11S2Si2/c1-47(2,43-14-15-44-48(3,4)18-10-25(38)32-22(20-35)28(40)41)17-9-24(37)31-21(19-34)27(39)33-42-13-12-29-23(36)8-16-45-46-26-7-5-6-11-30-26/h5-7,11,21-22,34-35H,8-10,12-20H2,1-4H3,(H,29,36)(H,31,37)(H,32,38)(H,33,39)(H,40,41)/i35T. The Bertz CT molecular complexity index is 1180. The van der Waals surface area contributed by atoms with Crippen LogP contribution in [0.3, 0.4) is 0 Å². The first-order chi connectivity index (χ1) is 23.2. The molecule has 0 bridgehead atoms. The number of hydroxylamine groups is 1. The third-order valence-electron chi connectivity index (χ3n) is 6.51. The quantitative estimate of drug-likeness (QED) is 0.0283. The Labute approximate surface area is 292 Å². The molecule has 1 aromatic heterocycles. The summed E-state index contributed by atoms with van der Waals surface area (Å²) in [6.45, 7) is 7.37. The predicted octanol–water partition coefficient (Wildman–Crippen LogP) is 0.638. The van der Waals surface area contributed by atoms with E-state index in [0.29, 0.717) is 24.3 Å². The highest BCUT2D eigenvalue weighted by Crippen LogP contribution is 2.29. The van der Waals surface area contributed by atoms with Crippen LogP contribution in [0, 0.1) is 0 Å². The number of nitrogens with zero attached hydrogens (tertiary/aromatic N) is 1. The van der Waals surface area contributed by atoms with Gasteiger partial charge >= 0.3 is 5.97 Å². The summed E-state index contributed by atoms with van der Waals surface area (Å²) >= 11 is 0. The topological polar surface area (TPSA) is 235 Å². The summed E-state index contributed by atoms with van der Waals surface area (Å²) < 4.78 is 18.7. The van der Waals surface area contributed by atoms with Crippen molar-refractivity contribution in [1.82, 2.24) is 26.4 Å². The molecule has 16 nitrogen and oxygen atoms in total. The molecule has 48 heavy (non-hydrogen) atoms. The molecule has 2 atom stereocenters. The molecule has 0 aliphatic carbocycles. The Kier molecular flexibility index (Phi) is 20.6. The molecular weight excluding hydrogens is 703 g/mol. The summed E-state index contributed by atoms with van der Waals surface area (Å²) in [5, 5.41) is 31.1. The monoisotopic (exact) mass is 753 g/mol. The van der Waals surface area contributed by atoms with Gasteiger partial charge in [-0.25, -0.2) is 15.3 Å². The number of carbonyl (C=O) groups is 5. The van der Waals surface area contributed by atoms with Crippen LogP contribution in [0.4, 0.5) is 0 Å². The van der Waals surface area contributed by atoms with Gasteiger partial charge in [0.1, 0.15) is 17.1 Å². The third kappa shape index (κ3) is 20.7. The highest BCUT2D eigenvalue weighted by Gasteiger charge is 2.28. The fraction of sp³-hybridized carbons (Fsp3) is 0.643. The van der Waals surface area contributed by atoms with E-state index < -0.39 is 65.6 Å². The molecule has 4 amide bonds. The predicted molar refractivity (Wildman–Crippen MR) is 186 cm³/mol. The molecule has 1 heterocycles. The summed E-state index contributed by atoms with van der Waals surface area (Å²) in [6, 6.07) is 3.99. The Morgan fingerprint density at radius 3 is 2.06 bits per heavy atom. The zero-order valence-electron chi connectivity index (χ0n) is 28.8. The van der Waals surface area contributed by atoms with Crippen molar-refractivity contribution in [3.63, 3.8) is 0 Å². The van der Waals surface area contributed by atoms with Gasteiger partial charge in [-0.2, -0.15) is 0 Å². The van der Waals surface area contributed by atoms with E-state index in [1.54, 1.807) is 6.20 Å². The number of aliphatic hydroxyl groups is 2. The molecular formula is C28H49N5O11S2Si2. The number of nitrogens with one attached hydrogen (secondary N) is 4. The SMILES string of the molecule is [3H]OCC(NC(=O)CC[Si](C)(C)OCCO[Si](C)(C)CCC(=O)NC(CO)C(=O)NOCCNC(=O)CCSSc1ccccn1)C(=O)O. The average molecular weight is 754 g/mol. The molecule has 0 radical (unpaired) electrons. The maximum Gasteiger partial charge on any atom is 0.328 e. The fourth-order valence-corrected chi connectivity index (χ4v) is 8.75. The molecule has 1 aromatic rings. The van der Waals surface area contributed by atoms with Gasteiger partial charge < -0.3 is 40.1 Å². The van der Waals surface area contributed by atoms with Gasteiger partial charge in [0.25, 0.3) is 5.91 Å². The number of carbonyl (C=O) groups excluding carboxylic acids is 4. The first kappa shape index (κ1) is 41.6. The van der Waals surface area contributed by atoms with E-state index in [4.69, 9.17) is 20.2 Å². The van der Waals surface area contributed by atoms with Gasteiger partial charge in [-0.05, 0) is 61.2 Å². The summed E-state index contributed by atoms with van der Waals surface area (Å²) in [5.74, 6) is -2.49. The zero-order valence-corrected chi connectivity index (χ0v) is 31.4. The van der Waals surface area contributed by atoms with E-state index in [9.17, 15) is 29.1 Å². The van der Waals surface area contributed by atoms with Gasteiger partial charge in [0.15, 0.2) is 16.6 Å². The summed E-state index contributed by atoms with van der Waals surface area (Å²) in [4.78, 5) is 69.3. The maximum absolute atomic E-state index is 12.5. The van der Waals surface area contributed by atoms with Crippen molar-refractivity contribution < 1.29 is 53.0 Å². The number of hydrogen-bond donors (Lipinski definition) is 7. The molecule has 0 saturated carbocycles. The summed E-state index contributed by atoms with van der Waals surface area (Å²) in [5.41, 5.74) is 2.17. The van der Waals surface area contributed by atoms with Gasteiger partial charge in [-0.15, -0.1) is 0 Å². The van der Waals surface area contributed by atoms with Gasteiger partial charge in [0.2, 0.25) is 19.2 Å². The van der Waals surface area contributed by atoms with Crippen molar-refractivity contribution in [3.8, 4) is 0 Å². The first-order valence-electron chi connectivity index (χ1n) is 15.8. The molecule has 0 saturated heterocycles. The van der Waals surface area contributed by atoms with Crippen molar-refractivity contribution >= 4 is 67.8 Å². The lowest BCUT2D eigenvalue weighted by Gasteiger charge is -2.26. The van der Waals surface area contributed by atoms with Gasteiger partial charge in [0.05, 0.1) is 33.0 Å². The Hall–Kier alpha value is -2.57. The molecule has 0 fully saturated rings. The number of pyridine rings is 1. The molecule has 2 unspecified atom stereocenters. The smallest absolute Gasteiger partial charge is 0.328 e. The number of aliphatic hydroxyl groups excluding tert-OH is 2. The van der Waals surface area contributed by atoms with Crippen LogP contribution in [-0.4, -0.2) is 125 Å². The van der Waals surface area contributed by atoms with E-state index >= 15 is 0 Å². The van der Waals surface area contributed by atoms with Crippen LogP contribution >= 0.6 is 21.6 Å². The molecule has 0 aliphatic heterocycles. The molecule has 0 spiro atoms. The minimum Gasteiger partial charge on any atom is -0.480 e. The fourth-order valence-electron chi connectivity index (χ4n) is 3.67. The molecule has 0 aliphatic rings. The van der Waals surface area contributed by atoms with Crippen molar-refractivity contribution in [2.75, 3.05) is 45.3 Å².